The van der Waals surface area contributed by atoms with E-state index in [-0.39, 0.29) is 18.4 Å². The van der Waals surface area contributed by atoms with Crippen LogP contribution in [0.5, 0.6) is 5.75 Å². The summed E-state index contributed by atoms with van der Waals surface area (Å²) in [6.07, 6.45) is -0.199. The van der Waals surface area contributed by atoms with Crippen LogP contribution < -0.4 is 10.5 Å². The van der Waals surface area contributed by atoms with Gasteiger partial charge in [-0.25, -0.2) is 9.59 Å². The highest BCUT2D eigenvalue weighted by Gasteiger charge is 2.11. The first-order valence-corrected chi connectivity index (χ1v) is 5.74. The lowest BCUT2D eigenvalue weighted by molar-refractivity contribution is -0.149. The van der Waals surface area contributed by atoms with Gasteiger partial charge in [0.15, 0.2) is 6.61 Å². The molecule has 0 bridgehead atoms. The molecule has 104 valence electrons. The Bertz CT molecular complexity index is 470. The predicted octanol–water partition coefficient (Wildman–Crippen LogP) is 1.39. The van der Waals surface area contributed by atoms with Crippen molar-refractivity contribution in [3.63, 3.8) is 0 Å². The van der Waals surface area contributed by atoms with E-state index in [4.69, 9.17) is 15.2 Å². The van der Waals surface area contributed by atoms with Crippen LogP contribution in [0.25, 0.3) is 0 Å². The molecule has 1 aromatic carbocycles. The van der Waals surface area contributed by atoms with Crippen molar-refractivity contribution in [2.24, 2.45) is 0 Å². The topological polar surface area (TPSA) is 87.8 Å². The number of ether oxygens (including phenoxy) is 3. The molecule has 0 aromatic heterocycles. The molecule has 0 aliphatic rings. The highest BCUT2D eigenvalue weighted by Crippen LogP contribution is 2.22. The van der Waals surface area contributed by atoms with Gasteiger partial charge >= 0.3 is 11.9 Å². The fraction of sp³-hybridized carbons (Fsp3) is 0.385. The van der Waals surface area contributed by atoms with Crippen molar-refractivity contribution in [3.05, 3.63) is 23.8 Å². The molecule has 0 radical (unpaired) electrons. The Balaban J connectivity index is 2.65. The van der Waals surface area contributed by atoms with Crippen LogP contribution in [0.15, 0.2) is 18.2 Å². The van der Waals surface area contributed by atoms with Crippen LogP contribution in [0.3, 0.4) is 0 Å². The lowest BCUT2D eigenvalue weighted by atomic mass is 10.2. The van der Waals surface area contributed by atoms with Crippen LogP contribution in [0.4, 0.5) is 5.69 Å². The number of rotatable bonds is 5. The number of carbonyl (C=O) groups is 2. The van der Waals surface area contributed by atoms with E-state index in [1.165, 1.54) is 25.3 Å². The van der Waals surface area contributed by atoms with E-state index in [2.05, 4.69) is 4.74 Å². The van der Waals surface area contributed by atoms with Gasteiger partial charge < -0.3 is 19.9 Å². The Hall–Kier alpha value is -2.24. The van der Waals surface area contributed by atoms with Gasteiger partial charge in [0.2, 0.25) is 0 Å². The number of benzene rings is 1. The number of nitrogens with two attached hydrogens (primary N) is 1. The number of hydrogen-bond donors (Lipinski definition) is 1. The molecule has 0 heterocycles. The van der Waals surface area contributed by atoms with Crippen LogP contribution >= 0.6 is 0 Å². The van der Waals surface area contributed by atoms with Crippen LogP contribution in [0.2, 0.25) is 0 Å². The third-order valence-corrected chi connectivity index (χ3v) is 2.14. The average Bonchev–Trinajstić information content (AvgIpc) is 2.35. The summed E-state index contributed by atoms with van der Waals surface area (Å²) in [6.45, 7) is 3.26. The third-order valence-electron chi connectivity index (χ3n) is 2.14. The molecule has 0 atom stereocenters. The molecule has 6 nitrogen and oxygen atoms in total. The lowest BCUT2D eigenvalue weighted by Crippen LogP contribution is -2.19. The van der Waals surface area contributed by atoms with Crippen molar-refractivity contribution >= 4 is 17.6 Å². The fourth-order valence-electron chi connectivity index (χ4n) is 1.36. The normalized spacial score (nSPS) is 10.1. The summed E-state index contributed by atoms with van der Waals surface area (Å²) < 4.78 is 14.7. The second-order valence-corrected chi connectivity index (χ2v) is 4.07. The molecular formula is C13H17NO5. The van der Waals surface area contributed by atoms with Gasteiger partial charge in [-0.3, -0.25) is 0 Å². The molecule has 2 N–H and O–H groups in total. The fourth-order valence-corrected chi connectivity index (χ4v) is 1.36. The van der Waals surface area contributed by atoms with Crippen molar-refractivity contribution in [3.8, 4) is 5.75 Å². The summed E-state index contributed by atoms with van der Waals surface area (Å²) in [5.41, 5.74) is 6.28. The summed E-state index contributed by atoms with van der Waals surface area (Å²) in [5.74, 6) is -0.655. The minimum Gasteiger partial charge on any atom is -0.480 e. The van der Waals surface area contributed by atoms with Crippen LogP contribution in [-0.4, -0.2) is 31.8 Å². The number of esters is 2. The molecule has 6 heteroatoms. The average molecular weight is 267 g/mol. The summed E-state index contributed by atoms with van der Waals surface area (Å²) >= 11 is 0. The van der Waals surface area contributed by atoms with E-state index in [1.54, 1.807) is 13.8 Å². The predicted molar refractivity (Wildman–Crippen MR) is 68.9 cm³/mol. The highest BCUT2D eigenvalue weighted by molar-refractivity contribution is 5.90. The number of nitrogen functional groups attached to an aromatic ring is 1. The van der Waals surface area contributed by atoms with Crippen molar-refractivity contribution in [2.45, 2.75) is 20.0 Å². The number of hydrogen-bond acceptors (Lipinski definition) is 6. The van der Waals surface area contributed by atoms with Gasteiger partial charge in [-0.05, 0) is 32.0 Å². The van der Waals surface area contributed by atoms with Crippen molar-refractivity contribution in [1.82, 2.24) is 0 Å². The van der Waals surface area contributed by atoms with E-state index in [9.17, 15) is 9.59 Å². The smallest absolute Gasteiger partial charge is 0.344 e. The molecule has 19 heavy (non-hydrogen) atoms. The zero-order valence-corrected chi connectivity index (χ0v) is 11.1. The van der Waals surface area contributed by atoms with Gasteiger partial charge in [-0.15, -0.1) is 0 Å². The Labute approximate surface area is 111 Å². The maximum atomic E-state index is 11.3. The Morgan fingerprint density at radius 3 is 2.53 bits per heavy atom. The Morgan fingerprint density at radius 1 is 1.32 bits per heavy atom. The number of methoxy groups -OCH3 is 1. The van der Waals surface area contributed by atoms with Crippen molar-refractivity contribution in [2.75, 3.05) is 19.5 Å². The van der Waals surface area contributed by atoms with Gasteiger partial charge in [-0.1, -0.05) is 0 Å². The van der Waals surface area contributed by atoms with Crippen LogP contribution in [0, 0.1) is 0 Å². The van der Waals surface area contributed by atoms with Crippen molar-refractivity contribution < 1.29 is 23.8 Å². The Kier molecular flexibility index (Phi) is 5.17. The van der Waals surface area contributed by atoms with Gasteiger partial charge in [0, 0.05) is 0 Å². The minimum absolute atomic E-state index is 0.199. The van der Waals surface area contributed by atoms with Gasteiger partial charge in [0.05, 0.1) is 24.5 Å². The molecule has 0 saturated carbocycles. The molecule has 0 fully saturated rings. The molecule has 0 saturated heterocycles. The first-order chi connectivity index (χ1) is 8.93. The third kappa shape index (κ3) is 4.50. The van der Waals surface area contributed by atoms with E-state index in [0.29, 0.717) is 11.3 Å². The maximum Gasteiger partial charge on any atom is 0.344 e. The Morgan fingerprint density at radius 2 is 2.00 bits per heavy atom. The van der Waals surface area contributed by atoms with E-state index < -0.39 is 11.9 Å². The molecule has 0 unspecified atom stereocenters. The molecule has 1 rings (SSSR count). The first kappa shape index (κ1) is 14.8. The zero-order valence-electron chi connectivity index (χ0n) is 11.1. The molecule has 0 amide bonds. The first-order valence-electron chi connectivity index (χ1n) is 5.74. The second kappa shape index (κ2) is 6.63. The summed E-state index contributed by atoms with van der Waals surface area (Å²) in [4.78, 5) is 22.6. The summed E-state index contributed by atoms with van der Waals surface area (Å²) in [6, 6.07) is 4.44. The molecule has 0 aliphatic heterocycles. The quantitative estimate of drug-likeness (QED) is 0.640. The monoisotopic (exact) mass is 267 g/mol. The van der Waals surface area contributed by atoms with Gasteiger partial charge in [-0.2, -0.15) is 0 Å². The van der Waals surface area contributed by atoms with Crippen molar-refractivity contribution in [1.29, 1.82) is 0 Å². The molecule has 0 spiro atoms. The lowest BCUT2D eigenvalue weighted by Gasteiger charge is -2.11. The SMILES string of the molecule is COC(=O)c1ccc(OCC(=O)OC(C)C)c(N)c1. The number of carbonyl (C=O) groups excluding carboxylic acids is 2. The number of anilines is 1. The standard InChI is InChI=1S/C13H17NO5/c1-8(2)19-12(15)7-18-11-5-4-9(6-10(11)14)13(16)17-3/h4-6,8H,7,14H2,1-3H3. The summed E-state index contributed by atoms with van der Waals surface area (Å²) in [7, 11) is 1.28. The van der Waals surface area contributed by atoms with Crippen LogP contribution in [-0.2, 0) is 14.3 Å². The second-order valence-electron chi connectivity index (χ2n) is 4.07. The maximum absolute atomic E-state index is 11.3. The van der Waals surface area contributed by atoms with Gasteiger partial charge in [0.25, 0.3) is 0 Å². The molecular weight excluding hydrogens is 250 g/mol. The molecule has 0 aliphatic carbocycles. The largest absolute Gasteiger partial charge is 0.480 e. The van der Waals surface area contributed by atoms with E-state index >= 15 is 0 Å². The highest BCUT2D eigenvalue weighted by atomic mass is 16.6. The zero-order chi connectivity index (χ0) is 14.4. The summed E-state index contributed by atoms with van der Waals surface area (Å²) in [5, 5.41) is 0. The minimum atomic E-state index is -0.488. The van der Waals surface area contributed by atoms with E-state index in [0.717, 1.165) is 0 Å². The van der Waals surface area contributed by atoms with Crippen LogP contribution in [0.1, 0.15) is 24.2 Å². The van der Waals surface area contributed by atoms with E-state index in [1.807, 2.05) is 0 Å². The molecule has 1 aromatic rings. The van der Waals surface area contributed by atoms with Gasteiger partial charge in [0.1, 0.15) is 5.75 Å².